The molecule has 0 fully saturated rings. The number of amides is 1. The van der Waals surface area contributed by atoms with Crippen molar-refractivity contribution in [2.75, 3.05) is 21.3 Å². The van der Waals surface area contributed by atoms with Gasteiger partial charge >= 0.3 is 104 Å². The minimum absolute atomic E-state index is 0.222. The fourth-order valence-corrected chi connectivity index (χ4v) is 1.82. The maximum atomic E-state index is 11.7. The minimum atomic E-state index is -0.222. The van der Waals surface area contributed by atoms with E-state index in [9.17, 15) is 4.79 Å². The van der Waals surface area contributed by atoms with Crippen molar-refractivity contribution >= 4 is 34.3 Å². The Morgan fingerprint density at radius 3 is 2.67 bits per heavy atom. The molecule has 0 aliphatic rings. The molecule has 0 saturated carbocycles. The van der Waals surface area contributed by atoms with Gasteiger partial charge in [0, 0.05) is 0 Å². The van der Waals surface area contributed by atoms with Crippen molar-refractivity contribution in [2.24, 2.45) is 0 Å². The molecule has 15 heavy (non-hydrogen) atoms. The molecule has 1 rings (SSSR count). The van der Waals surface area contributed by atoms with Crippen molar-refractivity contribution in [2.45, 2.75) is 0 Å². The normalized spacial score (nSPS) is 9.80. The molecule has 0 aliphatic carbocycles. The Morgan fingerprint density at radius 2 is 2.13 bits per heavy atom. The molecule has 0 saturated heterocycles. The predicted octanol–water partition coefficient (Wildman–Crippen LogP) is -0.483. The first-order valence-electron chi connectivity index (χ1n) is 4.13. The van der Waals surface area contributed by atoms with E-state index in [1.165, 1.54) is 39.3 Å². The summed E-state index contributed by atoms with van der Waals surface area (Å²) in [6, 6.07) is 3.31. The molecule has 5 nitrogen and oxygen atoms in total. The van der Waals surface area contributed by atoms with E-state index in [2.05, 4.69) is 4.98 Å². The van der Waals surface area contributed by atoms with Crippen molar-refractivity contribution in [3.8, 4) is 5.88 Å². The van der Waals surface area contributed by atoms with Crippen LogP contribution in [0.4, 0.5) is 0 Å². The predicted molar refractivity (Wildman–Crippen MR) is 55.3 cm³/mol. The second-order valence-electron chi connectivity index (χ2n) is 2.72. The fourth-order valence-electron chi connectivity index (χ4n) is 0.974. The second-order valence-corrected chi connectivity index (χ2v) is 4.35. The van der Waals surface area contributed by atoms with Gasteiger partial charge in [0.15, 0.2) is 0 Å². The van der Waals surface area contributed by atoms with Gasteiger partial charge in [0.2, 0.25) is 0 Å². The molecular weight excluding hydrogens is 393 g/mol. The van der Waals surface area contributed by atoms with Crippen LogP contribution in [0.15, 0.2) is 12.1 Å². The summed E-state index contributed by atoms with van der Waals surface area (Å²) >= 11 is 1.18. The van der Waals surface area contributed by atoms with Gasteiger partial charge in [0.05, 0.1) is 0 Å². The molecule has 6 heteroatoms. The van der Waals surface area contributed by atoms with Gasteiger partial charge in [-0.2, -0.15) is 0 Å². The summed E-state index contributed by atoms with van der Waals surface area (Å²) < 4.78 is 5.80. The van der Waals surface area contributed by atoms with E-state index < -0.39 is 0 Å². The summed E-state index contributed by atoms with van der Waals surface area (Å²) in [5.41, 5.74) is 0.510. The number of aromatic nitrogens is 1. The average molecular weight is 404 g/mol. The SMILES string of the molecule is COc1cc(C(=O)N(C)OC)c[c]([Po])n1. The summed E-state index contributed by atoms with van der Waals surface area (Å²) in [6.07, 6.45) is 0. The number of ether oxygens (including phenoxy) is 1. The Bertz CT molecular complexity index is 370. The third-order valence-electron chi connectivity index (χ3n) is 1.79. The summed E-state index contributed by atoms with van der Waals surface area (Å²) in [6.45, 7) is 0. The van der Waals surface area contributed by atoms with Crippen molar-refractivity contribution in [1.82, 2.24) is 10.0 Å². The van der Waals surface area contributed by atoms with Gasteiger partial charge < -0.3 is 0 Å². The van der Waals surface area contributed by atoms with Crippen LogP contribution in [0.3, 0.4) is 0 Å². The monoisotopic (exact) mass is 404 g/mol. The zero-order valence-electron chi connectivity index (χ0n) is 8.68. The first kappa shape index (κ1) is 12.3. The Labute approximate surface area is 103 Å². The van der Waals surface area contributed by atoms with Crippen LogP contribution in [0.1, 0.15) is 10.4 Å². The number of hydroxylamine groups is 2. The van der Waals surface area contributed by atoms with E-state index in [0.29, 0.717) is 11.4 Å². The quantitative estimate of drug-likeness (QED) is 0.639. The van der Waals surface area contributed by atoms with Crippen LogP contribution in [-0.2, 0) is 4.84 Å². The van der Waals surface area contributed by atoms with Gasteiger partial charge in [-0.15, -0.1) is 0 Å². The van der Waals surface area contributed by atoms with Gasteiger partial charge in [-0.05, 0) is 0 Å². The van der Waals surface area contributed by atoms with E-state index in [0.717, 1.165) is 8.42 Å². The van der Waals surface area contributed by atoms with Crippen LogP contribution < -0.4 is 8.09 Å². The fraction of sp³-hybridized carbons (Fsp3) is 0.333. The average Bonchev–Trinajstić information content (AvgIpc) is 2.26. The zero-order valence-corrected chi connectivity index (χ0v) is 11.9. The Kier molecular flexibility index (Phi) is 4.43. The van der Waals surface area contributed by atoms with Crippen LogP contribution in [-0.4, -0.2) is 62.3 Å². The Hall–Kier alpha value is -0.724. The Morgan fingerprint density at radius 1 is 1.47 bits per heavy atom. The van der Waals surface area contributed by atoms with Gasteiger partial charge in [0.25, 0.3) is 0 Å². The molecule has 1 aromatic heterocycles. The summed E-state index contributed by atoms with van der Waals surface area (Å²) in [7, 11) is 4.51. The van der Waals surface area contributed by atoms with E-state index >= 15 is 0 Å². The number of carbonyl (C=O) groups is 1. The first-order chi connectivity index (χ1) is 7.08. The van der Waals surface area contributed by atoms with E-state index in [-0.39, 0.29) is 5.91 Å². The molecule has 0 atom stereocenters. The molecule has 0 bridgehead atoms. The molecule has 1 radical (unpaired) electrons. The third-order valence-corrected chi connectivity index (χ3v) is 2.61. The summed E-state index contributed by atoms with van der Waals surface area (Å²) in [4.78, 5) is 20.7. The third kappa shape index (κ3) is 3.12. The van der Waals surface area contributed by atoms with Crippen LogP contribution in [0.5, 0.6) is 5.88 Å². The molecule has 81 valence electrons. The van der Waals surface area contributed by atoms with Gasteiger partial charge in [0.1, 0.15) is 0 Å². The van der Waals surface area contributed by atoms with Crippen molar-refractivity contribution < 1.29 is 14.4 Å². The van der Waals surface area contributed by atoms with E-state index in [4.69, 9.17) is 9.57 Å². The van der Waals surface area contributed by atoms with Gasteiger partial charge in [-0.25, -0.2) is 0 Å². The Balaban J connectivity index is 3.03. The number of methoxy groups -OCH3 is 1. The topological polar surface area (TPSA) is 51.7 Å². The van der Waals surface area contributed by atoms with Crippen LogP contribution in [0, 0.1) is 0 Å². The van der Waals surface area contributed by atoms with Gasteiger partial charge in [-0.1, -0.05) is 0 Å². The molecule has 1 heterocycles. The number of carbonyl (C=O) groups excluding carboxylic acids is 1. The molecule has 0 aliphatic heterocycles. The summed E-state index contributed by atoms with van der Waals surface area (Å²) in [5, 5.41) is 1.16. The van der Waals surface area contributed by atoms with Crippen LogP contribution in [0.25, 0.3) is 0 Å². The van der Waals surface area contributed by atoms with E-state index in [1.54, 1.807) is 19.2 Å². The molecule has 1 amide bonds. The maximum absolute atomic E-state index is 11.7. The molecule has 0 N–H and O–H groups in total. The number of pyridine rings is 1. The number of hydrogen-bond acceptors (Lipinski definition) is 4. The van der Waals surface area contributed by atoms with Crippen molar-refractivity contribution in [1.29, 1.82) is 0 Å². The van der Waals surface area contributed by atoms with Crippen molar-refractivity contribution in [3.05, 3.63) is 17.7 Å². The van der Waals surface area contributed by atoms with Gasteiger partial charge in [-0.3, -0.25) is 0 Å². The van der Waals surface area contributed by atoms with Crippen LogP contribution >= 0.6 is 0 Å². The second kappa shape index (κ2) is 5.38. The van der Waals surface area contributed by atoms with E-state index in [1.807, 2.05) is 0 Å². The van der Waals surface area contributed by atoms with Crippen molar-refractivity contribution in [3.63, 3.8) is 0 Å². The number of rotatable bonds is 3. The molecule has 0 spiro atoms. The summed E-state index contributed by atoms with van der Waals surface area (Å²) in [5.74, 6) is 0.219. The standard InChI is InChI=1S/C9H11N2O3.Po/c1-11(14-3)9(12)7-4-5-10-8(6-7)13-2;/h4,6H,1-3H3;. The van der Waals surface area contributed by atoms with Crippen LogP contribution in [0.2, 0.25) is 0 Å². The zero-order chi connectivity index (χ0) is 11.4. The number of nitrogens with zero attached hydrogens (tertiary/aromatic N) is 2. The molecule has 1 aromatic rings. The molecular formula is C9H11N2O3Po. The number of hydrogen-bond donors (Lipinski definition) is 0. The first-order valence-corrected chi connectivity index (χ1v) is 5.72. The molecule has 0 unspecified atom stereocenters. The molecule has 0 aromatic carbocycles.